The number of ether oxygens (including phenoxy) is 1. The van der Waals surface area contributed by atoms with Crippen molar-refractivity contribution in [2.75, 3.05) is 5.75 Å². The summed E-state index contributed by atoms with van der Waals surface area (Å²) in [6.45, 7) is 4.61. The highest BCUT2D eigenvalue weighted by Crippen LogP contribution is 2.25. The van der Waals surface area contributed by atoms with Gasteiger partial charge in [-0.25, -0.2) is 0 Å². The van der Waals surface area contributed by atoms with Gasteiger partial charge in [0.25, 0.3) is 0 Å². The zero-order valence-electron chi connectivity index (χ0n) is 15.9. The number of nitrogens with zero attached hydrogens (tertiary/aromatic N) is 4. The van der Waals surface area contributed by atoms with Crippen LogP contribution >= 0.6 is 27.7 Å². The standard InChI is InChI=1S/C19H25BrN4O2S/c1-13-5-4-6-14(2)24(13)18(25)12-27-19-22-21-17(23(19)3)11-26-16-9-7-15(20)8-10-16/h7-10,13-14H,4-6,11-12H2,1-3H3/t13-,14-/m1/s1. The number of likely N-dealkylation sites (tertiary alicyclic amines) is 1. The van der Waals surface area contributed by atoms with Crippen molar-refractivity contribution >= 4 is 33.6 Å². The molecule has 0 bridgehead atoms. The van der Waals surface area contributed by atoms with E-state index in [9.17, 15) is 4.79 Å². The third-order valence-corrected chi connectivity index (χ3v) is 6.45. The largest absolute Gasteiger partial charge is 0.486 e. The van der Waals surface area contributed by atoms with Crippen LogP contribution in [0.3, 0.4) is 0 Å². The number of carbonyl (C=O) groups excluding carboxylic acids is 1. The van der Waals surface area contributed by atoms with Gasteiger partial charge in [0.05, 0.1) is 5.75 Å². The molecule has 0 radical (unpaired) electrons. The molecule has 27 heavy (non-hydrogen) atoms. The van der Waals surface area contributed by atoms with Crippen molar-refractivity contribution in [3.63, 3.8) is 0 Å². The first-order chi connectivity index (χ1) is 13.0. The number of hydrogen-bond donors (Lipinski definition) is 0. The topological polar surface area (TPSA) is 60.3 Å². The van der Waals surface area contributed by atoms with Crippen LogP contribution in [-0.2, 0) is 18.4 Å². The Bertz CT molecular complexity index is 771. The lowest BCUT2D eigenvalue weighted by atomic mass is 9.98. The molecule has 8 heteroatoms. The molecular weight excluding hydrogens is 428 g/mol. The lowest BCUT2D eigenvalue weighted by Crippen LogP contribution is -2.48. The number of benzene rings is 1. The summed E-state index contributed by atoms with van der Waals surface area (Å²) in [6.07, 6.45) is 3.37. The van der Waals surface area contributed by atoms with Gasteiger partial charge in [-0.3, -0.25) is 4.79 Å². The SMILES string of the molecule is C[C@@H]1CCC[C@@H](C)N1C(=O)CSc1nnc(COc2ccc(Br)cc2)n1C. The summed E-state index contributed by atoms with van der Waals surface area (Å²) in [7, 11) is 1.90. The number of thioether (sulfide) groups is 1. The lowest BCUT2D eigenvalue weighted by molar-refractivity contribution is -0.134. The van der Waals surface area contributed by atoms with Crippen LogP contribution in [-0.4, -0.2) is 43.4 Å². The molecule has 3 rings (SSSR count). The van der Waals surface area contributed by atoms with Gasteiger partial charge in [-0.1, -0.05) is 27.7 Å². The number of aromatic nitrogens is 3. The zero-order chi connectivity index (χ0) is 19.4. The maximum Gasteiger partial charge on any atom is 0.233 e. The van der Waals surface area contributed by atoms with E-state index in [1.807, 2.05) is 40.8 Å². The number of carbonyl (C=O) groups is 1. The zero-order valence-corrected chi connectivity index (χ0v) is 18.3. The fraction of sp³-hybridized carbons (Fsp3) is 0.526. The van der Waals surface area contributed by atoms with E-state index >= 15 is 0 Å². The lowest BCUT2D eigenvalue weighted by Gasteiger charge is -2.39. The highest BCUT2D eigenvalue weighted by molar-refractivity contribution is 9.10. The van der Waals surface area contributed by atoms with Gasteiger partial charge in [-0.2, -0.15) is 0 Å². The predicted octanol–water partition coefficient (Wildman–Crippen LogP) is 4.04. The Morgan fingerprint density at radius 2 is 1.89 bits per heavy atom. The van der Waals surface area contributed by atoms with Crippen LogP contribution in [0.15, 0.2) is 33.9 Å². The van der Waals surface area contributed by atoms with Crippen molar-refractivity contribution in [1.29, 1.82) is 0 Å². The maximum atomic E-state index is 12.7. The van der Waals surface area contributed by atoms with Gasteiger partial charge in [0.1, 0.15) is 12.4 Å². The molecule has 1 aromatic heterocycles. The molecule has 1 aromatic carbocycles. The summed E-state index contributed by atoms with van der Waals surface area (Å²) >= 11 is 4.84. The van der Waals surface area contributed by atoms with Gasteiger partial charge < -0.3 is 14.2 Å². The van der Waals surface area contributed by atoms with Gasteiger partial charge in [0.15, 0.2) is 11.0 Å². The molecule has 0 unspecified atom stereocenters. The molecule has 1 amide bonds. The van der Waals surface area contributed by atoms with Crippen LogP contribution < -0.4 is 4.74 Å². The third-order valence-electron chi connectivity index (χ3n) is 4.91. The van der Waals surface area contributed by atoms with Gasteiger partial charge in [0, 0.05) is 23.6 Å². The first kappa shape index (κ1) is 20.2. The molecule has 6 nitrogen and oxygen atoms in total. The first-order valence-corrected chi connectivity index (χ1v) is 10.9. The second-order valence-corrected chi connectivity index (χ2v) is 8.78. The van der Waals surface area contributed by atoms with E-state index in [0.717, 1.165) is 34.0 Å². The van der Waals surface area contributed by atoms with Crippen LogP contribution in [0.2, 0.25) is 0 Å². The summed E-state index contributed by atoms with van der Waals surface area (Å²) in [5, 5.41) is 9.15. The number of hydrogen-bond acceptors (Lipinski definition) is 5. The van der Waals surface area contributed by atoms with Crippen molar-refractivity contribution < 1.29 is 9.53 Å². The summed E-state index contributed by atoms with van der Waals surface area (Å²) in [4.78, 5) is 14.7. The monoisotopic (exact) mass is 452 g/mol. The van der Waals surface area contributed by atoms with Crippen LogP contribution in [0.25, 0.3) is 0 Å². The fourth-order valence-electron chi connectivity index (χ4n) is 3.39. The number of piperidine rings is 1. The Kier molecular flexibility index (Phi) is 6.81. The van der Waals surface area contributed by atoms with E-state index in [2.05, 4.69) is 40.0 Å². The van der Waals surface area contributed by atoms with Crippen LogP contribution in [0.1, 0.15) is 38.9 Å². The smallest absolute Gasteiger partial charge is 0.233 e. The van der Waals surface area contributed by atoms with Crippen molar-refractivity contribution in [3.8, 4) is 5.75 Å². The Hall–Kier alpha value is -1.54. The van der Waals surface area contributed by atoms with Gasteiger partial charge in [-0.15, -0.1) is 10.2 Å². The molecular formula is C19H25BrN4O2S. The van der Waals surface area contributed by atoms with E-state index in [4.69, 9.17) is 4.74 Å². The van der Waals surface area contributed by atoms with E-state index in [1.165, 1.54) is 18.2 Å². The minimum absolute atomic E-state index is 0.176. The minimum Gasteiger partial charge on any atom is -0.486 e. The van der Waals surface area contributed by atoms with Crippen LogP contribution in [0.4, 0.5) is 0 Å². The molecule has 0 saturated carbocycles. The summed E-state index contributed by atoms with van der Waals surface area (Å²) in [6, 6.07) is 8.29. The average molecular weight is 453 g/mol. The van der Waals surface area contributed by atoms with E-state index in [0.29, 0.717) is 24.4 Å². The quantitative estimate of drug-likeness (QED) is 0.618. The number of rotatable bonds is 6. The highest BCUT2D eigenvalue weighted by Gasteiger charge is 2.29. The van der Waals surface area contributed by atoms with Crippen LogP contribution in [0.5, 0.6) is 5.75 Å². The van der Waals surface area contributed by atoms with Crippen molar-refractivity contribution in [2.45, 2.75) is 57.0 Å². The van der Waals surface area contributed by atoms with E-state index < -0.39 is 0 Å². The molecule has 1 fully saturated rings. The summed E-state index contributed by atoms with van der Waals surface area (Å²) < 4.78 is 8.66. The predicted molar refractivity (Wildman–Crippen MR) is 110 cm³/mol. The van der Waals surface area contributed by atoms with Crippen molar-refractivity contribution in [3.05, 3.63) is 34.6 Å². The highest BCUT2D eigenvalue weighted by atomic mass is 79.9. The maximum absolute atomic E-state index is 12.7. The van der Waals surface area contributed by atoms with Gasteiger partial charge in [0.2, 0.25) is 5.91 Å². The molecule has 1 aliphatic rings. The van der Waals surface area contributed by atoms with Crippen LogP contribution in [0, 0.1) is 0 Å². The van der Waals surface area contributed by atoms with E-state index in [1.54, 1.807) is 0 Å². The number of amides is 1. The second-order valence-electron chi connectivity index (χ2n) is 6.92. The summed E-state index contributed by atoms with van der Waals surface area (Å²) in [5.41, 5.74) is 0. The van der Waals surface area contributed by atoms with Crippen molar-refractivity contribution in [1.82, 2.24) is 19.7 Å². The molecule has 2 heterocycles. The Labute approximate surface area is 172 Å². The van der Waals surface area contributed by atoms with Crippen molar-refractivity contribution in [2.24, 2.45) is 7.05 Å². The Morgan fingerprint density at radius 1 is 1.22 bits per heavy atom. The normalized spacial score (nSPS) is 19.9. The molecule has 0 spiro atoms. The van der Waals surface area contributed by atoms with Gasteiger partial charge in [-0.05, 0) is 57.4 Å². The molecule has 1 aliphatic heterocycles. The molecule has 0 aliphatic carbocycles. The Balaban J connectivity index is 1.55. The minimum atomic E-state index is 0.176. The molecule has 1 saturated heterocycles. The number of halogens is 1. The average Bonchev–Trinajstić information content (AvgIpc) is 2.99. The molecule has 2 aromatic rings. The summed E-state index contributed by atoms with van der Waals surface area (Å²) in [5.74, 6) is 2.07. The molecule has 146 valence electrons. The first-order valence-electron chi connectivity index (χ1n) is 9.16. The second kappa shape index (κ2) is 9.10. The third kappa shape index (κ3) is 5.04. The fourth-order valence-corrected chi connectivity index (χ4v) is 4.45. The molecule has 0 N–H and O–H groups in total. The van der Waals surface area contributed by atoms with E-state index in [-0.39, 0.29) is 5.91 Å². The molecule has 2 atom stereocenters. The Morgan fingerprint density at radius 3 is 2.56 bits per heavy atom. The van der Waals surface area contributed by atoms with Gasteiger partial charge >= 0.3 is 0 Å².